The van der Waals surface area contributed by atoms with Gasteiger partial charge in [-0.05, 0) is 19.8 Å². The number of aliphatic hydroxyl groups is 1. The third-order valence-corrected chi connectivity index (χ3v) is 4.40. The summed E-state index contributed by atoms with van der Waals surface area (Å²) in [7, 11) is -3.60. The van der Waals surface area contributed by atoms with Crippen molar-refractivity contribution in [1.82, 2.24) is 14.7 Å². The number of aromatic amines is 1. The minimum Gasteiger partial charge on any atom is -0.391 e. The Balaban J connectivity index is 2.11. The quantitative estimate of drug-likeness (QED) is 0.727. The van der Waals surface area contributed by atoms with E-state index in [1.165, 1.54) is 6.20 Å². The van der Waals surface area contributed by atoms with Crippen LogP contribution in [0, 0.1) is 6.92 Å². The molecule has 17 heavy (non-hydrogen) atoms. The van der Waals surface area contributed by atoms with Gasteiger partial charge in [0.05, 0.1) is 12.3 Å². The second-order valence-electron chi connectivity index (χ2n) is 4.41. The molecule has 1 saturated carbocycles. The van der Waals surface area contributed by atoms with Gasteiger partial charge in [-0.25, -0.2) is 18.1 Å². The Kier molecular flexibility index (Phi) is 3.50. The fourth-order valence-electron chi connectivity index (χ4n) is 2.05. The first-order chi connectivity index (χ1) is 7.99. The summed E-state index contributed by atoms with van der Waals surface area (Å²) in [4.78, 5) is 6.54. The minimum atomic E-state index is -3.60. The van der Waals surface area contributed by atoms with Gasteiger partial charge >= 0.3 is 0 Å². The molecular weight excluding hydrogens is 242 g/mol. The molecule has 3 N–H and O–H groups in total. The molecule has 96 valence electrons. The Hall–Kier alpha value is -0.920. The van der Waals surface area contributed by atoms with Gasteiger partial charge in [-0.2, -0.15) is 0 Å². The van der Waals surface area contributed by atoms with Gasteiger partial charge in [-0.15, -0.1) is 0 Å². The van der Waals surface area contributed by atoms with E-state index >= 15 is 0 Å². The summed E-state index contributed by atoms with van der Waals surface area (Å²) in [6.45, 7) is 1.69. The van der Waals surface area contributed by atoms with Crippen LogP contribution in [-0.2, 0) is 10.0 Å². The summed E-state index contributed by atoms with van der Waals surface area (Å²) in [5.74, 6) is 0.551. The summed E-state index contributed by atoms with van der Waals surface area (Å²) < 4.78 is 26.5. The highest BCUT2D eigenvalue weighted by molar-refractivity contribution is 7.89. The van der Waals surface area contributed by atoms with Gasteiger partial charge in [-0.3, -0.25) is 0 Å². The lowest BCUT2D eigenvalue weighted by atomic mass is 9.93. The van der Waals surface area contributed by atoms with E-state index in [9.17, 15) is 13.5 Å². The van der Waals surface area contributed by atoms with Crippen molar-refractivity contribution in [2.24, 2.45) is 0 Å². The van der Waals surface area contributed by atoms with Crippen molar-refractivity contribution in [2.45, 2.75) is 49.8 Å². The molecule has 0 saturated heterocycles. The number of nitrogens with one attached hydrogen (secondary N) is 2. The van der Waals surface area contributed by atoms with Crippen LogP contribution in [-0.4, -0.2) is 35.6 Å². The number of hydrogen-bond acceptors (Lipinski definition) is 4. The normalized spacial score (nSPS) is 26.0. The fourth-order valence-corrected chi connectivity index (χ4v) is 3.32. The van der Waals surface area contributed by atoms with Crippen LogP contribution in [0.15, 0.2) is 11.2 Å². The zero-order chi connectivity index (χ0) is 12.5. The Labute approximate surface area is 101 Å². The number of H-pyrrole nitrogens is 1. The maximum absolute atomic E-state index is 12.0. The molecule has 0 aromatic carbocycles. The average molecular weight is 259 g/mol. The van der Waals surface area contributed by atoms with Crippen LogP contribution < -0.4 is 4.72 Å². The molecule has 2 rings (SSSR count). The third-order valence-electron chi connectivity index (χ3n) is 3.01. The number of nitrogens with zero attached hydrogens (tertiary/aromatic N) is 1. The molecule has 6 nitrogen and oxygen atoms in total. The molecule has 7 heteroatoms. The highest BCUT2D eigenvalue weighted by Gasteiger charge is 2.28. The van der Waals surface area contributed by atoms with E-state index in [4.69, 9.17) is 0 Å². The molecule has 1 aromatic rings. The monoisotopic (exact) mass is 259 g/mol. The van der Waals surface area contributed by atoms with Crippen molar-refractivity contribution >= 4 is 10.0 Å². The Morgan fingerprint density at radius 2 is 2.18 bits per heavy atom. The molecule has 0 amide bonds. The van der Waals surface area contributed by atoms with E-state index in [0.717, 1.165) is 12.8 Å². The summed E-state index contributed by atoms with van der Waals surface area (Å²) >= 11 is 0. The number of aliphatic hydroxyl groups excluding tert-OH is 1. The Morgan fingerprint density at radius 3 is 2.76 bits per heavy atom. The number of imidazole rings is 1. The van der Waals surface area contributed by atoms with E-state index in [1.807, 2.05) is 0 Å². The highest BCUT2D eigenvalue weighted by Crippen LogP contribution is 2.20. The van der Waals surface area contributed by atoms with Gasteiger partial charge in [0.25, 0.3) is 10.0 Å². The maximum atomic E-state index is 12.0. The van der Waals surface area contributed by atoms with Crippen LogP contribution in [0.4, 0.5) is 0 Å². The van der Waals surface area contributed by atoms with Crippen molar-refractivity contribution in [3.63, 3.8) is 0 Å². The lowest BCUT2D eigenvalue weighted by molar-refractivity contribution is 0.101. The number of aryl methyl sites for hydroxylation is 1. The minimum absolute atomic E-state index is 0.0489. The van der Waals surface area contributed by atoms with Gasteiger partial charge in [0, 0.05) is 6.04 Å². The molecule has 1 aliphatic carbocycles. The summed E-state index contributed by atoms with van der Waals surface area (Å²) in [5.41, 5.74) is 0. The van der Waals surface area contributed by atoms with Crippen LogP contribution in [0.3, 0.4) is 0 Å². The molecule has 0 unspecified atom stereocenters. The molecule has 1 fully saturated rings. The molecule has 1 heterocycles. The van der Waals surface area contributed by atoms with Crippen molar-refractivity contribution in [3.05, 3.63) is 12.0 Å². The van der Waals surface area contributed by atoms with Crippen molar-refractivity contribution in [2.75, 3.05) is 0 Å². The first-order valence-electron chi connectivity index (χ1n) is 5.71. The molecule has 2 atom stereocenters. The predicted molar refractivity (Wildman–Crippen MR) is 61.9 cm³/mol. The van der Waals surface area contributed by atoms with Crippen molar-refractivity contribution in [3.8, 4) is 0 Å². The third kappa shape index (κ3) is 2.85. The highest BCUT2D eigenvalue weighted by atomic mass is 32.2. The molecule has 0 bridgehead atoms. The van der Waals surface area contributed by atoms with Crippen molar-refractivity contribution < 1.29 is 13.5 Å². The van der Waals surface area contributed by atoms with Gasteiger partial charge in [-0.1, -0.05) is 12.8 Å². The van der Waals surface area contributed by atoms with E-state index in [1.54, 1.807) is 6.92 Å². The van der Waals surface area contributed by atoms with Crippen molar-refractivity contribution in [1.29, 1.82) is 0 Å². The average Bonchev–Trinajstić information content (AvgIpc) is 2.69. The fraction of sp³-hybridized carbons (Fsp3) is 0.700. The molecule has 1 aromatic heterocycles. The number of rotatable bonds is 3. The van der Waals surface area contributed by atoms with Crippen LogP contribution in [0.2, 0.25) is 0 Å². The molecule has 0 spiro atoms. The van der Waals surface area contributed by atoms with E-state index in [-0.39, 0.29) is 5.03 Å². The summed E-state index contributed by atoms with van der Waals surface area (Å²) in [6, 6.07) is -0.391. The van der Waals surface area contributed by atoms with Crippen LogP contribution in [0.1, 0.15) is 31.5 Å². The molecule has 0 aliphatic heterocycles. The number of hydrogen-bond donors (Lipinski definition) is 3. The topological polar surface area (TPSA) is 95.1 Å². The maximum Gasteiger partial charge on any atom is 0.257 e. The second-order valence-corrected chi connectivity index (χ2v) is 6.09. The SMILES string of the molecule is Cc1ncc(S(=O)(=O)N[C@@H]2CCCC[C@H]2O)[nH]1. The van der Waals surface area contributed by atoms with Crippen LogP contribution >= 0.6 is 0 Å². The van der Waals surface area contributed by atoms with Gasteiger partial charge < -0.3 is 10.1 Å². The lowest BCUT2D eigenvalue weighted by Crippen LogP contribution is -2.45. The first-order valence-corrected chi connectivity index (χ1v) is 7.19. The smallest absolute Gasteiger partial charge is 0.257 e. The zero-order valence-electron chi connectivity index (χ0n) is 9.68. The summed E-state index contributed by atoms with van der Waals surface area (Å²) in [5, 5.41) is 9.78. The van der Waals surface area contributed by atoms with E-state index < -0.39 is 22.2 Å². The van der Waals surface area contributed by atoms with Gasteiger partial charge in [0.15, 0.2) is 5.03 Å². The first kappa shape index (κ1) is 12.5. The van der Waals surface area contributed by atoms with Crippen LogP contribution in [0.25, 0.3) is 0 Å². The lowest BCUT2D eigenvalue weighted by Gasteiger charge is -2.27. The number of aromatic nitrogens is 2. The Bertz CT molecular complexity index is 483. The second kappa shape index (κ2) is 4.75. The number of sulfonamides is 1. The van der Waals surface area contributed by atoms with E-state index in [0.29, 0.717) is 18.7 Å². The molecule has 0 radical (unpaired) electrons. The molecule has 1 aliphatic rings. The largest absolute Gasteiger partial charge is 0.391 e. The van der Waals surface area contributed by atoms with E-state index in [2.05, 4.69) is 14.7 Å². The van der Waals surface area contributed by atoms with Gasteiger partial charge in [0.1, 0.15) is 5.82 Å². The van der Waals surface area contributed by atoms with Gasteiger partial charge in [0.2, 0.25) is 0 Å². The summed E-state index contributed by atoms with van der Waals surface area (Å²) in [6.07, 6.45) is 3.90. The predicted octanol–water partition coefficient (Wildman–Crippen LogP) is 0.300. The van der Waals surface area contributed by atoms with Crippen LogP contribution in [0.5, 0.6) is 0 Å². The standard InChI is InChI=1S/C10H17N3O3S/c1-7-11-6-10(12-7)17(15,16)13-8-4-2-3-5-9(8)14/h6,8-9,13-14H,2-5H2,1H3,(H,11,12)/t8-,9-/m1/s1. The Morgan fingerprint density at radius 1 is 1.47 bits per heavy atom. The zero-order valence-corrected chi connectivity index (χ0v) is 10.5. The molecular formula is C10H17N3O3S.